The Morgan fingerprint density at radius 2 is 1.89 bits per heavy atom. The van der Waals surface area contributed by atoms with Crippen LogP contribution >= 0.6 is 23.4 Å². The van der Waals surface area contributed by atoms with Gasteiger partial charge in [0.05, 0.1) is 40.5 Å². The second kappa shape index (κ2) is 13.2. The maximum absolute atomic E-state index is 13.0. The highest BCUT2D eigenvalue weighted by Crippen LogP contribution is 2.41. The molecule has 0 radical (unpaired) electrons. The van der Waals surface area contributed by atoms with Crippen LogP contribution in [-0.4, -0.2) is 38.0 Å². The predicted molar refractivity (Wildman–Crippen MR) is 142 cm³/mol. The Bertz CT molecular complexity index is 1220. The lowest BCUT2D eigenvalue weighted by Gasteiger charge is -2.29. The number of para-hydroxylation sites is 1. The van der Waals surface area contributed by atoms with Gasteiger partial charge in [-0.3, -0.25) is 4.79 Å². The Morgan fingerprint density at radius 3 is 2.56 bits per heavy atom. The number of dihydropyridines is 1. The summed E-state index contributed by atoms with van der Waals surface area (Å²) >= 11 is 7.29. The molecule has 1 aliphatic rings. The van der Waals surface area contributed by atoms with E-state index in [2.05, 4.69) is 16.7 Å². The monoisotopic (exact) mass is 525 g/mol. The molecule has 0 fully saturated rings. The molecule has 0 unspecified atom stereocenters. The summed E-state index contributed by atoms with van der Waals surface area (Å²) in [5.74, 6) is -1.32. The summed E-state index contributed by atoms with van der Waals surface area (Å²) in [6.45, 7) is 4.13. The molecule has 3 rings (SSSR count). The number of benzene rings is 2. The molecule has 2 aromatic rings. The third-order valence-corrected chi connectivity index (χ3v) is 6.88. The van der Waals surface area contributed by atoms with E-state index >= 15 is 0 Å². The second-order valence-electron chi connectivity index (χ2n) is 7.98. The number of thioether (sulfide) groups is 1. The molecule has 36 heavy (non-hydrogen) atoms. The van der Waals surface area contributed by atoms with Crippen molar-refractivity contribution in [2.24, 2.45) is 0 Å². The first-order valence-corrected chi connectivity index (χ1v) is 12.8. The van der Waals surface area contributed by atoms with Crippen LogP contribution in [0.25, 0.3) is 0 Å². The van der Waals surface area contributed by atoms with E-state index in [9.17, 15) is 14.9 Å². The zero-order valence-corrected chi connectivity index (χ0v) is 22.0. The molecule has 1 atom stereocenters. The van der Waals surface area contributed by atoms with Gasteiger partial charge in [-0.15, -0.1) is 0 Å². The number of anilines is 1. The van der Waals surface area contributed by atoms with Crippen LogP contribution in [0.4, 0.5) is 5.69 Å². The number of halogens is 1. The molecule has 0 spiro atoms. The van der Waals surface area contributed by atoms with Crippen molar-refractivity contribution in [1.29, 1.82) is 5.26 Å². The van der Waals surface area contributed by atoms with Crippen LogP contribution in [0.15, 0.2) is 70.4 Å². The Morgan fingerprint density at radius 1 is 1.17 bits per heavy atom. The minimum Gasteiger partial charge on any atom is -0.460 e. The number of allylic oxidation sites excluding steroid dienone is 2. The number of rotatable bonds is 10. The number of hydrogen-bond acceptors (Lipinski definition) is 7. The minimum atomic E-state index is -0.671. The summed E-state index contributed by atoms with van der Waals surface area (Å²) in [5, 5.41) is 17.3. The van der Waals surface area contributed by atoms with E-state index in [0.717, 1.165) is 23.2 Å². The van der Waals surface area contributed by atoms with Gasteiger partial charge in [0.15, 0.2) is 0 Å². The summed E-state index contributed by atoms with van der Waals surface area (Å²) in [5.41, 5.74) is 3.74. The molecule has 7 nitrogen and oxygen atoms in total. The lowest BCUT2D eigenvalue weighted by atomic mass is 9.82. The molecule has 188 valence electrons. The zero-order chi connectivity index (χ0) is 26.1. The number of ether oxygens (including phenoxy) is 2. The summed E-state index contributed by atoms with van der Waals surface area (Å²) in [7, 11) is 1.52. The Labute approximate surface area is 220 Å². The highest BCUT2D eigenvalue weighted by atomic mass is 35.5. The summed E-state index contributed by atoms with van der Waals surface area (Å²) in [6.07, 6.45) is 0.797. The third kappa shape index (κ3) is 6.70. The van der Waals surface area contributed by atoms with E-state index in [1.807, 2.05) is 31.2 Å². The van der Waals surface area contributed by atoms with Gasteiger partial charge in [0.25, 0.3) is 0 Å². The summed E-state index contributed by atoms with van der Waals surface area (Å²) in [6, 6.07) is 16.9. The van der Waals surface area contributed by atoms with Gasteiger partial charge in [0, 0.05) is 23.5 Å². The van der Waals surface area contributed by atoms with Crippen LogP contribution in [0.2, 0.25) is 5.02 Å². The van der Waals surface area contributed by atoms with Crippen LogP contribution < -0.4 is 10.6 Å². The molecule has 0 aliphatic carbocycles. The number of nitrogens with zero attached hydrogens (tertiary/aromatic N) is 1. The molecule has 1 heterocycles. The van der Waals surface area contributed by atoms with Gasteiger partial charge in [0.1, 0.15) is 6.61 Å². The Hall–Kier alpha value is -3.25. The van der Waals surface area contributed by atoms with Crippen molar-refractivity contribution in [2.45, 2.75) is 26.2 Å². The predicted octanol–water partition coefficient (Wildman–Crippen LogP) is 5.16. The van der Waals surface area contributed by atoms with Gasteiger partial charge in [-0.05, 0) is 42.7 Å². The Kier molecular flexibility index (Phi) is 10.00. The van der Waals surface area contributed by atoms with E-state index in [4.69, 9.17) is 21.1 Å². The maximum Gasteiger partial charge on any atom is 0.336 e. The van der Waals surface area contributed by atoms with Crippen LogP contribution in [0.3, 0.4) is 0 Å². The van der Waals surface area contributed by atoms with Gasteiger partial charge >= 0.3 is 5.97 Å². The fourth-order valence-electron chi connectivity index (χ4n) is 3.86. The van der Waals surface area contributed by atoms with E-state index in [0.29, 0.717) is 26.9 Å². The number of aryl methyl sites for hydroxylation is 1. The van der Waals surface area contributed by atoms with Crippen LogP contribution in [0.5, 0.6) is 0 Å². The largest absolute Gasteiger partial charge is 0.460 e. The first kappa shape index (κ1) is 27.3. The highest BCUT2D eigenvalue weighted by Gasteiger charge is 2.35. The molecular formula is C27H28ClN3O4S. The minimum absolute atomic E-state index is 0.0831. The van der Waals surface area contributed by atoms with Gasteiger partial charge in [0.2, 0.25) is 5.91 Å². The second-order valence-corrected chi connectivity index (χ2v) is 9.40. The molecule has 1 aliphatic heterocycles. The number of nitriles is 1. The first-order valence-electron chi connectivity index (χ1n) is 11.4. The number of amides is 1. The van der Waals surface area contributed by atoms with Gasteiger partial charge in [-0.25, -0.2) is 4.79 Å². The van der Waals surface area contributed by atoms with Crippen molar-refractivity contribution in [3.8, 4) is 6.07 Å². The van der Waals surface area contributed by atoms with Crippen molar-refractivity contribution in [3.63, 3.8) is 0 Å². The normalized spacial score (nSPS) is 15.2. The number of carbonyl (C=O) groups excluding carboxylic acids is 2. The van der Waals surface area contributed by atoms with E-state index in [1.54, 1.807) is 31.2 Å². The quantitative estimate of drug-likeness (QED) is 0.326. The van der Waals surface area contributed by atoms with Gasteiger partial charge in [-0.1, -0.05) is 60.6 Å². The lowest BCUT2D eigenvalue weighted by molar-refractivity contribution is -0.140. The molecule has 0 aromatic heterocycles. The average molecular weight is 526 g/mol. The molecule has 2 aromatic carbocycles. The number of methoxy groups -OCH3 is 1. The highest BCUT2D eigenvalue weighted by molar-refractivity contribution is 8.03. The SMILES string of the molecule is CCc1ccccc1NC(=O)CSC1=C(C#N)[C@@H](c2ccc(Cl)cc2)C(C(=O)OCCOC)=C(C)N1. The number of nitrogens with one attached hydrogen (secondary N) is 2. The molecule has 0 saturated carbocycles. The van der Waals surface area contributed by atoms with E-state index in [1.165, 1.54) is 18.9 Å². The number of carbonyl (C=O) groups is 2. The van der Waals surface area contributed by atoms with E-state index < -0.39 is 11.9 Å². The third-order valence-electron chi connectivity index (χ3n) is 5.61. The van der Waals surface area contributed by atoms with Crippen molar-refractivity contribution in [1.82, 2.24) is 5.32 Å². The van der Waals surface area contributed by atoms with Crippen molar-refractivity contribution in [2.75, 3.05) is 31.4 Å². The average Bonchev–Trinajstić information content (AvgIpc) is 2.88. The number of hydrogen-bond donors (Lipinski definition) is 2. The van der Waals surface area contributed by atoms with Crippen molar-refractivity contribution < 1.29 is 19.1 Å². The smallest absolute Gasteiger partial charge is 0.336 e. The molecule has 0 saturated heterocycles. The van der Waals surface area contributed by atoms with Crippen molar-refractivity contribution >= 4 is 40.9 Å². The molecule has 1 amide bonds. The molecule has 0 bridgehead atoms. The van der Waals surface area contributed by atoms with Crippen LogP contribution in [0, 0.1) is 11.3 Å². The van der Waals surface area contributed by atoms with Crippen LogP contribution in [0.1, 0.15) is 30.9 Å². The fourth-order valence-corrected chi connectivity index (χ4v) is 4.87. The van der Waals surface area contributed by atoms with E-state index in [-0.39, 0.29) is 24.9 Å². The summed E-state index contributed by atoms with van der Waals surface area (Å²) in [4.78, 5) is 25.8. The Balaban J connectivity index is 1.88. The number of esters is 1. The van der Waals surface area contributed by atoms with Gasteiger partial charge < -0.3 is 20.1 Å². The zero-order valence-electron chi connectivity index (χ0n) is 20.4. The first-order chi connectivity index (χ1) is 17.4. The van der Waals surface area contributed by atoms with Crippen LogP contribution in [-0.2, 0) is 25.5 Å². The van der Waals surface area contributed by atoms with Crippen molar-refractivity contribution in [3.05, 3.63) is 86.6 Å². The standard InChI is InChI=1S/C27H28ClN3O4S/c1-4-18-7-5-6-8-22(18)31-23(32)16-36-26-21(15-29)25(19-9-11-20(28)12-10-19)24(17(2)30-26)27(33)35-14-13-34-3/h5-12,25,30H,4,13-14,16H2,1-3H3,(H,31,32)/t25-/m1/s1. The molecule has 2 N–H and O–H groups in total. The topological polar surface area (TPSA) is 100 Å². The lowest BCUT2D eigenvalue weighted by Crippen LogP contribution is -2.29. The maximum atomic E-state index is 13.0. The van der Waals surface area contributed by atoms with Gasteiger partial charge in [-0.2, -0.15) is 5.26 Å². The summed E-state index contributed by atoms with van der Waals surface area (Å²) < 4.78 is 10.4. The molecule has 9 heteroatoms. The molecular weight excluding hydrogens is 498 g/mol. The fraction of sp³-hybridized carbons (Fsp3) is 0.296.